The van der Waals surface area contributed by atoms with Gasteiger partial charge in [-0.25, -0.2) is 0 Å². The van der Waals surface area contributed by atoms with E-state index in [1.54, 1.807) is 0 Å². The van der Waals surface area contributed by atoms with E-state index >= 15 is 0 Å². The van der Waals surface area contributed by atoms with Crippen LogP contribution in [0.15, 0.2) is 48.5 Å². The maximum absolute atomic E-state index is 13.0. The van der Waals surface area contributed by atoms with E-state index in [9.17, 15) is 4.79 Å². The van der Waals surface area contributed by atoms with Crippen LogP contribution in [0.25, 0.3) is 17.1 Å². The number of Topliss-reactive ketones (excluding diaryl/α,β-unsaturated/α-hetero) is 1. The highest BCUT2D eigenvalue weighted by atomic mass is 16.7. The van der Waals surface area contributed by atoms with Crippen LogP contribution in [0.1, 0.15) is 27.3 Å². The van der Waals surface area contributed by atoms with Gasteiger partial charge in [-0.05, 0) is 49.7 Å². The summed E-state index contributed by atoms with van der Waals surface area (Å²) in [6.07, 6.45) is 0. The van der Waals surface area contributed by atoms with Gasteiger partial charge < -0.3 is 14.0 Å². The number of hydrogen-bond donors (Lipinski definition) is 0. The molecule has 8 nitrogen and oxygen atoms in total. The van der Waals surface area contributed by atoms with Crippen LogP contribution in [0.2, 0.25) is 0 Å². The molecule has 1 aliphatic heterocycles. The Kier molecular flexibility index (Phi) is 4.54. The highest BCUT2D eigenvalue weighted by Gasteiger charge is 2.20. The molecule has 0 radical (unpaired) electrons. The lowest BCUT2D eigenvalue weighted by Crippen LogP contribution is -2.14. The maximum Gasteiger partial charge on any atom is 0.231 e. The molecule has 0 spiro atoms. The number of ether oxygens (including phenoxy) is 2. The second-order valence-electron chi connectivity index (χ2n) is 7.54. The molecule has 0 saturated heterocycles. The molecule has 3 heterocycles. The Morgan fingerprint density at radius 1 is 1.03 bits per heavy atom. The number of rotatable bonds is 5. The molecular weight excluding hydrogens is 394 g/mol. The molecule has 0 saturated carbocycles. The lowest BCUT2D eigenvalue weighted by atomic mass is 10.1. The minimum absolute atomic E-state index is 0.0182. The third-order valence-corrected chi connectivity index (χ3v) is 5.47. The van der Waals surface area contributed by atoms with Crippen molar-refractivity contribution in [1.29, 1.82) is 0 Å². The van der Waals surface area contributed by atoms with Crippen LogP contribution in [0.4, 0.5) is 0 Å². The summed E-state index contributed by atoms with van der Waals surface area (Å²) in [5.41, 5.74) is 5.30. The number of carbonyl (C=O) groups is 1. The molecule has 5 rings (SSSR count). The second-order valence-corrected chi connectivity index (χ2v) is 7.54. The van der Waals surface area contributed by atoms with E-state index in [4.69, 9.17) is 9.47 Å². The van der Waals surface area contributed by atoms with Crippen molar-refractivity contribution in [2.45, 2.75) is 27.3 Å². The second kappa shape index (κ2) is 7.39. The molecule has 156 valence electrons. The summed E-state index contributed by atoms with van der Waals surface area (Å²) in [5, 5.41) is 12.6. The van der Waals surface area contributed by atoms with Gasteiger partial charge in [-0.3, -0.25) is 4.79 Å². The van der Waals surface area contributed by atoms with E-state index in [2.05, 4.69) is 15.4 Å². The highest BCUT2D eigenvalue weighted by molar-refractivity contribution is 5.97. The molecule has 31 heavy (non-hydrogen) atoms. The zero-order valence-corrected chi connectivity index (χ0v) is 17.5. The fourth-order valence-electron chi connectivity index (χ4n) is 3.92. The summed E-state index contributed by atoms with van der Waals surface area (Å²) < 4.78 is 12.9. The summed E-state index contributed by atoms with van der Waals surface area (Å²) in [5.74, 6) is 1.86. The molecule has 1 aliphatic rings. The number of carbonyl (C=O) groups excluding carboxylic acids is 1. The van der Waals surface area contributed by atoms with Gasteiger partial charge in [-0.1, -0.05) is 24.3 Å². The van der Waals surface area contributed by atoms with Crippen molar-refractivity contribution in [3.05, 3.63) is 71.0 Å². The average molecular weight is 415 g/mol. The Bertz CT molecular complexity index is 1300. The molecule has 0 N–H and O–H groups in total. The number of tetrazole rings is 1. The number of nitrogens with zero attached hydrogens (tertiary/aromatic N) is 5. The number of fused-ring (bicyclic) bond motifs is 1. The van der Waals surface area contributed by atoms with Crippen LogP contribution in [-0.4, -0.2) is 37.4 Å². The zero-order valence-electron chi connectivity index (χ0n) is 17.5. The molecule has 2 aromatic heterocycles. The molecule has 8 heteroatoms. The Labute approximate surface area is 179 Å². The first-order valence-electron chi connectivity index (χ1n) is 9.97. The van der Waals surface area contributed by atoms with Gasteiger partial charge in [0.2, 0.25) is 12.6 Å². The van der Waals surface area contributed by atoms with Gasteiger partial charge in [-0.15, -0.1) is 10.2 Å². The molecule has 0 bridgehead atoms. The fraction of sp³-hybridized carbons (Fsp3) is 0.217. The van der Waals surface area contributed by atoms with E-state index in [1.807, 2.05) is 73.9 Å². The topological polar surface area (TPSA) is 84.1 Å². The van der Waals surface area contributed by atoms with Crippen LogP contribution in [-0.2, 0) is 6.54 Å². The van der Waals surface area contributed by atoms with Crippen molar-refractivity contribution in [3.63, 3.8) is 0 Å². The van der Waals surface area contributed by atoms with E-state index < -0.39 is 0 Å². The van der Waals surface area contributed by atoms with Gasteiger partial charge in [0.05, 0.1) is 0 Å². The first-order valence-corrected chi connectivity index (χ1v) is 9.97. The van der Waals surface area contributed by atoms with Gasteiger partial charge in [0.1, 0.15) is 6.54 Å². The van der Waals surface area contributed by atoms with Crippen LogP contribution >= 0.6 is 0 Å². The third-order valence-electron chi connectivity index (χ3n) is 5.47. The molecule has 4 aromatic rings. The van der Waals surface area contributed by atoms with Gasteiger partial charge in [0.25, 0.3) is 0 Å². The fourth-order valence-corrected chi connectivity index (χ4v) is 3.92. The van der Waals surface area contributed by atoms with Crippen molar-refractivity contribution in [2.75, 3.05) is 6.79 Å². The summed E-state index contributed by atoms with van der Waals surface area (Å²) >= 11 is 0. The lowest BCUT2D eigenvalue weighted by molar-refractivity contribution is 0.0961. The predicted molar refractivity (Wildman–Crippen MR) is 114 cm³/mol. The number of aryl methyl sites for hydroxylation is 2. The van der Waals surface area contributed by atoms with Crippen molar-refractivity contribution in [1.82, 2.24) is 24.8 Å². The minimum atomic E-state index is -0.0752. The Balaban J connectivity index is 1.41. The van der Waals surface area contributed by atoms with Crippen LogP contribution in [0.5, 0.6) is 11.5 Å². The summed E-state index contributed by atoms with van der Waals surface area (Å²) in [6.45, 7) is 6.13. The average Bonchev–Trinajstić information content (AvgIpc) is 3.47. The standard InChI is InChI=1S/C23H21N5O3/c1-14-6-4-5-7-18(14)23-24-26-27(25-23)12-20(29)19-10-15(2)28(16(19)3)17-8-9-21-22(11-17)31-13-30-21/h4-11H,12-13H2,1-3H3. The summed E-state index contributed by atoms with van der Waals surface area (Å²) in [4.78, 5) is 14.4. The summed E-state index contributed by atoms with van der Waals surface area (Å²) in [7, 11) is 0. The lowest BCUT2D eigenvalue weighted by Gasteiger charge is -2.10. The number of ketones is 1. The van der Waals surface area contributed by atoms with Crippen LogP contribution in [0.3, 0.4) is 0 Å². The third kappa shape index (κ3) is 3.35. The first-order chi connectivity index (χ1) is 15.0. The molecule has 0 aliphatic carbocycles. The maximum atomic E-state index is 13.0. The van der Waals surface area contributed by atoms with Crippen LogP contribution < -0.4 is 9.47 Å². The van der Waals surface area contributed by atoms with Crippen molar-refractivity contribution < 1.29 is 14.3 Å². The molecule has 0 atom stereocenters. The number of benzene rings is 2. The molecule has 2 aromatic carbocycles. The van der Waals surface area contributed by atoms with Gasteiger partial charge in [0, 0.05) is 34.3 Å². The minimum Gasteiger partial charge on any atom is -0.454 e. The van der Waals surface area contributed by atoms with Crippen molar-refractivity contribution in [3.8, 4) is 28.6 Å². The zero-order chi connectivity index (χ0) is 21.5. The van der Waals surface area contributed by atoms with E-state index in [-0.39, 0.29) is 19.1 Å². The smallest absolute Gasteiger partial charge is 0.231 e. The Morgan fingerprint density at radius 2 is 1.84 bits per heavy atom. The largest absolute Gasteiger partial charge is 0.454 e. The Hall–Kier alpha value is -3.94. The molecule has 0 unspecified atom stereocenters. The van der Waals surface area contributed by atoms with Gasteiger partial charge >= 0.3 is 0 Å². The SMILES string of the molecule is Cc1ccccc1-c1nnn(CC(=O)c2cc(C)n(-c3ccc4c(c3)OCO4)c2C)n1. The normalized spacial score (nSPS) is 12.4. The van der Waals surface area contributed by atoms with E-state index in [1.165, 1.54) is 4.80 Å². The van der Waals surface area contributed by atoms with E-state index in [0.717, 1.165) is 34.0 Å². The van der Waals surface area contributed by atoms with Crippen LogP contribution in [0, 0.1) is 20.8 Å². The van der Waals surface area contributed by atoms with E-state index in [0.29, 0.717) is 17.1 Å². The van der Waals surface area contributed by atoms with Crippen molar-refractivity contribution in [2.24, 2.45) is 0 Å². The number of aromatic nitrogens is 5. The quantitative estimate of drug-likeness (QED) is 0.463. The first kappa shape index (κ1) is 19.0. The highest BCUT2D eigenvalue weighted by Crippen LogP contribution is 2.35. The predicted octanol–water partition coefficient (Wildman–Crippen LogP) is 3.67. The monoisotopic (exact) mass is 415 g/mol. The molecule has 0 fully saturated rings. The molecular formula is C23H21N5O3. The summed E-state index contributed by atoms with van der Waals surface area (Å²) in [6, 6.07) is 15.5. The number of hydrogen-bond acceptors (Lipinski definition) is 6. The van der Waals surface area contributed by atoms with Gasteiger partial charge in [0.15, 0.2) is 17.3 Å². The molecule has 0 amide bonds. The van der Waals surface area contributed by atoms with Crippen molar-refractivity contribution >= 4 is 5.78 Å². The Morgan fingerprint density at radius 3 is 2.68 bits per heavy atom. The van der Waals surface area contributed by atoms with Gasteiger partial charge in [-0.2, -0.15) is 4.80 Å².